The summed E-state index contributed by atoms with van der Waals surface area (Å²) in [6, 6.07) is 21.4. The first-order valence-corrected chi connectivity index (χ1v) is 9.66. The molecule has 0 radical (unpaired) electrons. The molecule has 0 spiro atoms. The molecular formula is C24H22N4O2. The van der Waals surface area contributed by atoms with E-state index in [9.17, 15) is 4.79 Å². The summed E-state index contributed by atoms with van der Waals surface area (Å²) < 4.78 is 4.75. The van der Waals surface area contributed by atoms with Crippen molar-refractivity contribution < 1.29 is 9.53 Å². The number of ether oxygens (including phenoxy) is 1. The summed E-state index contributed by atoms with van der Waals surface area (Å²) in [6.45, 7) is 0.728. The first-order valence-electron chi connectivity index (χ1n) is 9.66. The van der Waals surface area contributed by atoms with Crippen molar-refractivity contribution in [2.75, 3.05) is 24.7 Å². The molecule has 3 aromatic carbocycles. The molecule has 0 saturated carbocycles. The lowest BCUT2D eigenvalue weighted by Gasteiger charge is -2.10. The molecule has 3 N–H and O–H groups in total. The Bertz CT molecular complexity index is 1190. The minimum atomic E-state index is -0.333. The number of carbonyl (C=O) groups excluding carboxylic acids is 1. The van der Waals surface area contributed by atoms with Gasteiger partial charge in [0.1, 0.15) is 12.1 Å². The second-order valence-electron chi connectivity index (χ2n) is 6.94. The highest BCUT2D eigenvalue weighted by molar-refractivity contribution is 5.91. The van der Waals surface area contributed by atoms with Crippen LogP contribution < -0.4 is 11.1 Å². The topological polar surface area (TPSA) is 90.1 Å². The average molecular weight is 398 g/mol. The maximum atomic E-state index is 11.6. The number of rotatable bonds is 6. The standard InChI is InChI=1S/C24H22N4O2/c1-30-24(29)18-7-5-17(6-8-18)19-4-2-3-16(13-19)11-12-26-23-21-14-20(25)9-10-22(21)27-15-28-23/h2-10,13-15H,11-12,25H2,1H3,(H,26,27,28). The average Bonchev–Trinajstić information content (AvgIpc) is 2.79. The van der Waals surface area contributed by atoms with Gasteiger partial charge in [-0.25, -0.2) is 14.8 Å². The summed E-state index contributed by atoms with van der Waals surface area (Å²) in [6.07, 6.45) is 2.39. The Hall–Kier alpha value is -3.93. The van der Waals surface area contributed by atoms with Crippen molar-refractivity contribution in [2.45, 2.75) is 6.42 Å². The summed E-state index contributed by atoms with van der Waals surface area (Å²) in [7, 11) is 1.38. The van der Waals surface area contributed by atoms with E-state index in [0.29, 0.717) is 11.3 Å². The van der Waals surface area contributed by atoms with Crippen LogP contribution in [0.4, 0.5) is 11.5 Å². The zero-order valence-corrected chi connectivity index (χ0v) is 16.6. The molecular weight excluding hydrogens is 376 g/mol. The molecule has 30 heavy (non-hydrogen) atoms. The van der Waals surface area contributed by atoms with Crippen LogP contribution in [0.3, 0.4) is 0 Å². The van der Waals surface area contributed by atoms with Gasteiger partial charge in [0.05, 0.1) is 18.2 Å². The van der Waals surface area contributed by atoms with Gasteiger partial charge in [-0.3, -0.25) is 0 Å². The Labute approximate surface area is 174 Å². The van der Waals surface area contributed by atoms with Crippen LogP contribution in [0.2, 0.25) is 0 Å². The molecule has 1 aromatic heterocycles. The lowest BCUT2D eigenvalue weighted by molar-refractivity contribution is 0.0601. The van der Waals surface area contributed by atoms with Crippen molar-refractivity contribution in [1.82, 2.24) is 9.97 Å². The number of methoxy groups -OCH3 is 1. The fraction of sp³-hybridized carbons (Fsp3) is 0.125. The molecule has 0 unspecified atom stereocenters. The molecule has 0 bridgehead atoms. The van der Waals surface area contributed by atoms with Crippen molar-refractivity contribution in [3.8, 4) is 11.1 Å². The van der Waals surface area contributed by atoms with Crippen molar-refractivity contribution in [3.05, 3.63) is 84.2 Å². The molecule has 150 valence electrons. The quantitative estimate of drug-likeness (QED) is 0.371. The third kappa shape index (κ3) is 4.22. The number of nitrogen functional groups attached to an aromatic ring is 1. The number of nitrogens with one attached hydrogen (secondary N) is 1. The van der Waals surface area contributed by atoms with Gasteiger partial charge in [0.2, 0.25) is 0 Å². The van der Waals surface area contributed by atoms with Gasteiger partial charge in [0, 0.05) is 17.6 Å². The minimum Gasteiger partial charge on any atom is -0.465 e. The van der Waals surface area contributed by atoms with E-state index in [0.717, 1.165) is 40.8 Å². The van der Waals surface area contributed by atoms with Crippen molar-refractivity contribution >= 4 is 28.4 Å². The first-order chi connectivity index (χ1) is 14.6. The predicted molar refractivity (Wildman–Crippen MR) is 119 cm³/mol. The number of nitrogens with zero attached hydrogens (tertiary/aromatic N) is 2. The zero-order chi connectivity index (χ0) is 20.9. The smallest absolute Gasteiger partial charge is 0.337 e. The van der Waals surface area contributed by atoms with Gasteiger partial charge >= 0.3 is 5.97 Å². The Balaban J connectivity index is 1.45. The van der Waals surface area contributed by atoms with Crippen LogP contribution in [0.1, 0.15) is 15.9 Å². The van der Waals surface area contributed by atoms with Gasteiger partial charge in [-0.05, 0) is 53.4 Å². The number of hydrogen-bond donors (Lipinski definition) is 2. The number of carbonyl (C=O) groups is 1. The van der Waals surface area contributed by atoms with Gasteiger partial charge in [0.15, 0.2) is 0 Å². The van der Waals surface area contributed by atoms with E-state index < -0.39 is 0 Å². The second kappa shape index (κ2) is 8.61. The monoisotopic (exact) mass is 398 g/mol. The predicted octanol–water partition coefficient (Wildman–Crippen LogP) is 4.32. The lowest BCUT2D eigenvalue weighted by Crippen LogP contribution is -2.07. The number of esters is 1. The summed E-state index contributed by atoms with van der Waals surface area (Å²) in [5.41, 5.74) is 11.4. The van der Waals surface area contributed by atoms with E-state index in [1.54, 1.807) is 18.5 Å². The van der Waals surface area contributed by atoms with E-state index in [2.05, 4.69) is 33.5 Å². The molecule has 4 rings (SSSR count). The van der Waals surface area contributed by atoms with Gasteiger partial charge in [-0.15, -0.1) is 0 Å². The Morgan fingerprint density at radius 2 is 1.83 bits per heavy atom. The molecule has 6 nitrogen and oxygen atoms in total. The lowest BCUT2D eigenvalue weighted by atomic mass is 10.0. The SMILES string of the molecule is COC(=O)c1ccc(-c2cccc(CCNc3ncnc4ccc(N)cc34)c2)cc1. The van der Waals surface area contributed by atoms with Crippen LogP contribution in [0.25, 0.3) is 22.0 Å². The van der Waals surface area contributed by atoms with Crippen molar-refractivity contribution in [3.63, 3.8) is 0 Å². The van der Waals surface area contributed by atoms with E-state index in [1.807, 2.05) is 36.4 Å². The van der Waals surface area contributed by atoms with E-state index in [4.69, 9.17) is 10.5 Å². The van der Waals surface area contributed by atoms with Crippen molar-refractivity contribution in [1.29, 1.82) is 0 Å². The number of benzene rings is 3. The molecule has 0 atom stereocenters. The largest absolute Gasteiger partial charge is 0.465 e. The fourth-order valence-corrected chi connectivity index (χ4v) is 3.36. The van der Waals surface area contributed by atoms with Crippen LogP contribution in [-0.2, 0) is 11.2 Å². The number of aromatic nitrogens is 2. The molecule has 0 amide bonds. The normalized spacial score (nSPS) is 10.7. The van der Waals surface area contributed by atoms with Crippen LogP contribution >= 0.6 is 0 Å². The van der Waals surface area contributed by atoms with Crippen molar-refractivity contribution in [2.24, 2.45) is 0 Å². The summed E-state index contributed by atoms with van der Waals surface area (Å²) in [4.78, 5) is 20.2. The highest BCUT2D eigenvalue weighted by Gasteiger charge is 2.07. The van der Waals surface area contributed by atoms with E-state index in [-0.39, 0.29) is 5.97 Å². The van der Waals surface area contributed by atoms with Crippen LogP contribution in [0.15, 0.2) is 73.1 Å². The number of fused-ring (bicyclic) bond motifs is 1. The fourth-order valence-electron chi connectivity index (χ4n) is 3.36. The van der Waals surface area contributed by atoms with Gasteiger partial charge in [-0.1, -0.05) is 36.4 Å². The van der Waals surface area contributed by atoms with Gasteiger partial charge < -0.3 is 15.8 Å². The highest BCUT2D eigenvalue weighted by atomic mass is 16.5. The molecule has 1 heterocycles. The third-order valence-electron chi connectivity index (χ3n) is 4.93. The number of nitrogens with two attached hydrogens (primary N) is 1. The summed E-state index contributed by atoms with van der Waals surface area (Å²) in [5, 5.41) is 4.30. The van der Waals surface area contributed by atoms with Crippen LogP contribution in [0.5, 0.6) is 0 Å². The second-order valence-corrected chi connectivity index (χ2v) is 6.94. The third-order valence-corrected chi connectivity index (χ3v) is 4.93. The van der Waals surface area contributed by atoms with Gasteiger partial charge in [0.25, 0.3) is 0 Å². The summed E-state index contributed by atoms with van der Waals surface area (Å²) >= 11 is 0. The molecule has 0 fully saturated rings. The highest BCUT2D eigenvalue weighted by Crippen LogP contribution is 2.23. The molecule has 0 aliphatic rings. The summed E-state index contributed by atoms with van der Waals surface area (Å²) in [5.74, 6) is 0.447. The molecule has 4 aromatic rings. The minimum absolute atomic E-state index is 0.333. The van der Waals surface area contributed by atoms with E-state index >= 15 is 0 Å². The number of anilines is 2. The van der Waals surface area contributed by atoms with Crippen LogP contribution in [-0.4, -0.2) is 29.6 Å². The van der Waals surface area contributed by atoms with Gasteiger partial charge in [-0.2, -0.15) is 0 Å². The van der Waals surface area contributed by atoms with Crippen LogP contribution in [0, 0.1) is 0 Å². The zero-order valence-electron chi connectivity index (χ0n) is 16.6. The first kappa shape index (κ1) is 19.4. The maximum Gasteiger partial charge on any atom is 0.337 e. The maximum absolute atomic E-state index is 11.6. The molecule has 6 heteroatoms. The number of hydrogen-bond acceptors (Lipinski definition) is 6. The Kier molecular flexibility index (Phi) is 5.57. The molecule has 0 aliphatic heterocycles. The van der Waals surface area contributed by atoms with E-state index in [1.165, 1.54) is 12.7 Å². The molecule has 0 saturated heterocycles. The Morgan fingerprint density at radius 3 is 2.63 bits per heavy atom. The molecule has 0 aliphatic carbocycles. The Morgan fingerprint density at radius 1 is 1.00 bits per heavy atom.